The van der Waals surface area contributed by atoms with Crippen LogP contribution in [-0.2, 0) is 9.47 Å². The van der Waals surface area contributed by atoms with Crippen LogP contribution in [0.4, 0.5) is 0 Å². The molecule has 0 spiro atoms. The minimum Gasteiger partial charge on any atom is -0.348 e. The number of rotatable bonds is 2. The normalized spacial score (nSPS) is 26.7. The van der Waals surface area contributed by atoms with Gasteiger partial charge in [0.05, 0.1) is 6.61 Å². The van der Waals surface area contributed by atoms with Crippen LogP contribution < -0.4 is 5.73 Å². The zero-order chi connectivity index (χ0) is 9.97. The molecule has 1 aromatic carbocycles. The van der Waals surface area contributed by atoms with Crippen LogP contribution in [0.1, 0.15) is 17.2 Å². The quantitative estimate of drug-likeness (QED) is 0.771. The van der Waals surface area contributed by atoms with Crippen molar-refractivity contribution in [2.75, 3.05) is 13.2 Å². The van der Waals surface area contributed by atoms with Crippen LogP contribution >= 0.6 is 0 Å². The third-order valence-electron chi connectivity index (χ3n) is 2.36. The van der Waals surface area contributed by atoms with Crippen LogP contribution in [0.25, 0.3) is 0 Å². The second-order valence-corrected chi connectivity index (χ2v) is 3.54. The number of hydrogen-bond donors (Lipinski definition) is 1. The van der Waals surface area contributed by atoms with Gasteiger partial charge in [0.2, 0.25) is 0 Å². The third-order valence-corrected chi connectivity index (χ3v) is 2.36. The van der Waals surface area contributed by atoms with Gasteiger partial charge in [-0.2, -0.15) is 0 Å². The Balaban J connectivity index is 2.09. The number of hydrogen-bond acceptors (Lipinski definition) is 3. The molecule has 1 aromatic rings. The zero-order valence-electron chi connectivity index (χ0n) is 8.27. The number of ether oxygens (including phenoxy) is 2. The molecule has 0 aromatic heterocycles. The van der Waals surface area contributed by atoms with Crippen molar-refractivity contribution in [3.63, 3.8) is 0 Å². The standard InChI is InChI=1S/C11H15NO2/c1-8-3-2-4-9(5-8)10-7-13-11(6-12)14-10/h2-5,10-11H,6-7,12H2,1H3. The molecule has 1 saturated heterocycles. The van der Waals surface area contributed by atoms with E-state index in [0.29, 0.717) is 13.2 Å². The summed E-state index contributed by atoms with van der Waals surface area (Å²) in [5, 5.41) is 0. The maximum atomic E-state index is 5.60. The van der Waals surface area contributed by atoms with Crippen molar-refractivity contribution >= 4 is 0 Å². The number of aryl methyl sites for hydroxylation is 1. The predicted molar refractivity (Wildman–Crippen MR) is 53.8 cm³/mol. The first-order valence-corrected chi connectivity index (χ1v) is 4.83. The summed E-state index contributed by atoms with van der Waals surface area (Å²) in [7, 11) is 0. The van der Waals surface area contributed by atoms with Crippen molar-refractivity contribution in [2.45, 2.75) is 19.3 Å². The minimum absolute atomic E-state index is 0.0449. The summed E-state index contributed by atoms with van der Waals surface area (Å²) >= 11 is 0. The molecule has 0 saturated carbocycles. The molecule has 2 atom stereocenters. The van der Waals surface area contributed by atoms with E-state index in [9.17, 15) is 0 Å². The topological polar surface area (TPSA) is 44.5 Å². The average molecular weight is 193 g/mol. The average Bonchev–Trinajstić information content (AvgIpc) is 2.66. The lowest BCUT2D eigenvalue weighted by molar-refractivity contribution is -0.0497. The number of nitrogens with two attached hydrogens (primary N) is 1. The van der Waals surface area contributed by atoms with Crippen LogP contribution in [0.15, 0.2) is 24.3 Å². The fourth-order valence-electron chi connectivity index (χ4n) is 1.63. The monoisotopic (exact) mass is 193 g/mol. The number of benzene rings is 1. The maximum Gasteiger partial charge on any atom is 0.170 e. The molecule has 76 valence electrons. The second kappa shape index (κ2) is 4.09. The highest BCUT2D eigenvalue weighted by Crippen LogP contribution is 2.26. The first kappa shape index (κ1) is 9.65. The van der Waals surface area contributed by atoms with Gasteiger partial charge in [-0.25, -0.2) is 0 Å². The summed E-state index contributed by atoms with van der Waals surface area (Å²) in [5.74, 6) is 0. The highest BCUT2D eigenvalue weighted by Gasteiger charge is 2.25. The predicted octanol–water partition coefficient (Wildman–Crippen LogP) is 1.37. The molecule has 1 fully saturated rings. The maximum absolute atomic E-state index is 5.60. The van der Waals surface area contributed by atoms with Crippen LogP contribution in [0.5, 0.6) is 0 Å². The van der Waals surface area contributed by atoms with Crippen LogP contribution in [0.2, 0.25) is 0 Å². The summed E-state index contributed by atoms with van der Waals surface area (Å²) in [6, 6.07) is 8.27. The van der Waals surface area contributed by atoms with Crippen molar-refractivity contribution in [2.24, 2.45) is 5.73 Å². The molecular formula is C11H15NO2. The van der Waals surface area contributed by atoms with Gasteiger partial charge in [0.15, 0.2) is 6.29 Å². The van der Waals surface area contributed by atoms with E-state index < -0.39 is 0 Å². The van der Waals surface area contributed by atoms with E-state index in [1.165, 1.54) is 11.1 Å². The van der Waals surface area contributed by atoms with E-state index in [2.05, 4.69) is 25.1 Å². The van der Waals surface area contributed by atoms with Crippen LogP contribution in [-0.4, -0.2) is 19.4 Å². The van der Waals surface area contributed by atoms with Crippen molar-refractivity contribution < 1.29 is 9.47 Å². The van der Waals surface area contributed by atoms with Gasteiger partial charge in [0, 0.05) is 6.54 Å². The highest BCUT2D eigenvalue weighted by atomic mass is 16.7. The summed E-state index contributed by atoms with van der Waals surface area (Å²) in [6.07, 6.45) is -0.191. The smallest absolute Gasteiger partial charge is 0.170 e. The van der Waals surface area contributed by atoms with E-state index in [1.54, 1.807) is 0 Å². The molecule has 1 heterocycles. The third kappa shape index (κ3) is 1.95. The SMILES string of the molecule is Cc1cccc(C2COC(CN)O2)c1. The molecule has 3 heteroatoms. The molecule has 14 heavy (non-hydrogen) atoms. The van der Waals surface area contributed by atoms with E-state index in [-0.39, 0.29) is 12.4 Å². The molecular weight excluding hydrogens is 178 g/mol. The van der Waals surface area contributed by atoms with Gasteiger partial charge in [-0.05, 0) is 12.5 Å². The lowest BCUT2D eigenvalue weighted by atomic mass is 10.1. The first-order valence-electron chi connectivity index (χ1n) is 4.83. The van der Waals surface area contributed by atoms with Gasteiger partial charge in [-0.1, -0.05) is 29.8 Å². The summed E-state index contributed by atoms with van der Waals surface area (Å²) < 4.78 is 11.0. The molecule has 1 aliphatic heterocycles. The Morgan fingerprint density at radius 2 is 2.36 bits per heavy atom. The Labute approximate surface area is 83.8 Å². The molecule has 0 bridgehead atoms. The summed E-state index contributed by atoms with van der Waals surface area (Å²) in [6.45, 7) is 3.09. The zero-order valence-corrected chi connectivity index (χ0v) is 8.27. The lowest BCUT2D eigenvalue weighted by Gasteiger charge is -2.10. The Kier molecular flexibility index (Phi) is 2.82. The van der Waals surface area contributed by atoms with Crippen molar-refractivity contribution in [1.29, 1.82) is 0 Å². The van der Waals surface area contributed by atoms with E-state index >= 15 is 0 Å². The van der Waals surface area contributed by atoms with Gasteiger partial charge in [0.25, 0.3) is 0 Å². The molecule has 3 nitrogen and oxygen atoms in total. The van der Waals surface area contributed by atoms with Gasteiger partial charge in [-0.15, -0.1) is 0 Å². The summed E-state index contributed by atoms with van der Waals surface area (Å²) in [4.78, 5) is 0. The molecule has 2 rings (SSSR count). The van der Waals surface area contributed by atoms with Crippen LogP contribution in [0.3, 0.4) is 0 Å². The summed E-state index contributed by atoms with van der Waals surface area (Å²) in [5.41, 5.74) is 7.86. The molecule has 0 radical (unpaired) electrons. The fraction of sp³-hybridized carbons (Fsp3) is 0.455. The minimum atomic E-state index is -0.236. The highest BCUT2D eigenvalue weighted by molar-refractivity contribution is 5.24. The van der Waals surface area contributed by atoms with Crippen molar-refractivity contribution in [1.82, 2.24) is 0 Å². The Hall–Kier alpha value is -0.900. The Morgan fingerprint density at radius 3 is 3.00 bits per heavy atom. The first-order chi connectivity index (χ1) is 6.79. The molecule has 0 aliphatic carbocycles. The van der Waals surface area contributed by atoms with Crippen LogP contribution in [0, 0.1) is 6.92 Å². The van der Waals surface area contributed by atoms with Gasteiger partial charge in [0.1, 0.15) is 6.10 Å². The molecule has 2 N–H and O–H groups in total. The molecule has 1 aliphatic rings. The molecule has 0 amide bonds. The van der Waals surface area contributed by atoms with E-state index in [4.69, 9.17) is 15.2 Å². The van der Waals surface area contributed by atoms with Gasteiger partial charge >= 0.3 is 0 Å². The fourth-order valence-corrected chi connectivity index (χ4v) is 1.63. The molecule has 2 unspecified atom stereocenters. The van der Waals surface area contributed by atoms with Gasteiger partial charge < -0.3 is 15.2 Å². The second-order valence-electron chi connectivity index (χ2n) is 3.54. The van der Waals surface area contributed by atoms with E-state index in [1.807, 2.05) is 6.07 Å². The Morgan fingerprint density at radius 1 is 1.50 bits per heavy atom. The van der Waals surface area contributed by atoms with Gasteiger partial charge in [-0.3, -0.25) is 0 Å². The van der Waals surface area contributed by atoms with E-state index in [0.717, 1.165) is 0 Å². The van der Waals surface area contributed by atoms with Crippen molar-refractivity contribution in [3.8, 4) is 0 Å². The van der Waals surface area contributed by atoms with Crippen molar-refractivity contribution in [3.05, 3.63) is 35.4 Å². The Bertz CT molecular complexity index is 314. The largest absolute Gasteiger partial charge is 0.348 e. The lowest BCUT2D eigenvalue weighted by Crippen LogP contribution is -2.20.